The summed E-state index contributed by atoms with van der Waals surface area (Å²) in [5.74, 6) is 0.606. The summed E-state index contributed by atoms with van der Waals surface area (Å²) in [4.78, 5) is 12.6. The second-order valence-electron chi connectivity index (χ2n) is 9.41. The Morgan fingerprint density at radius 2 is 1.71 bits per heavy atom. The number of hydrogen-bond acceptors (Lipinski definition) is 6. The Kier molecular flexibility index (Phi) is 10.5. The van der Waals surface area contributed by atoms with E-state index in [2.05, 4.69) is 78.6 Å². The SMILES string of the molecule is CO[C-]=C(NC(=O)c1ccc(Oc2cc3c(cc2C)C(C)(C)CCC3(C)C)o1)[C](=[V])OC.N[C-]=[W]. The number of furan rings is 1. The molecule has 9 heteroatoms. The molecule has 0 saturated heterocycles. The number of nitrogens with one attached hydrogen (secondary N) is 1. The maximum absolute atomic E-state index is 12.6. The van der Waals surface area contributed by atoms with Crippen molar-refractivity contribution in [3.63, 3.8) is 0 Å². The first-order chi connectivity index (χ1) is 16.4. The molecule has 0 aliphatic heterocycles. The average Bonchev–Trinajstić information content (AvgIpc) is 3.26. The number of nitrogens with two attached hydrogens (primary N) is 1. The normalized spacial score (nSPS) is 15.7. The van der Waals surface area contributed by atoms with Gasteiger partial charge in [-0.1, -0.05) is 27.7 Å². The van der Waals surface area contributed by atoms with Gasteiger partial charge in [-0.2, -0.15) is 0 Å². The van der Waals surface area contributed by atoms with E-state index in [1.165, 1.54) is 44.7 Å². The van der Waals surface area contributed by atoms with Crippen LogP contribution in [0.4, 0.5) is 0 Å². The van der Waals surface area contributed by atoms with Crippen LogP contribution >= 0.6 is 0 Å². The maximum atomic E-state index is 12.6. The monoisotopic (exact) mass is 687 g/mol. The summed E-state index contributed by atoms with van der Waals surface area (Å²) < 4.78 is 24.4. The molecule has 0 spiro atoms. The molecule has 189 valence electrons. The van der Waals surface area contributed by atoms with Gasteiger partial charge in [-0.15, -0.1) is 0 Å². The fourth-order valence-electron chi connectivity index (χ4n) is 3.92. The van der Waals surface area contributed by atoms with Crippen LogP contribution in [0, 0.1) is 13.2 Å². The second-order valence-corrected chi connectivity index (χ2v) is 10.9. The summed E-state index contributed by atoms with van der Waals surface area (Å²) >= 11 is 3.39. The minimum absolute atomic E-state index is 0.0691. The van der Waals surface area contributed by atoms with E-state index in [0.717, 1.165) is 24.2 Å². The molecule has 35 heavy (non-hydrogen) atoms. The van der Waals surface area contributed by atoms with Crippen molar-refractivity contribution in [3.05, 3.63) is 58.7 Å². The van der Waals surface area contributed by atoms with Gasteiger partial charge < -0.3 is 0 Å². The van der Waals surface area contributed by atoms with Crippen molar-refractivity contribution in [3.8, 4) is 11.7 Å². The molecule has 1 aromatic heterocycles. The first kappa shape index (κ1) is 29.5. The Balaban J connectivity index is 0.00000137. The van der Waals surface area contributed by atoms with Crippen LogP contribution in [0.25, 0.3) is 0 Å². The van der Waals surface area contributed by atoms with Gasteiger partial charge >= 0.3 is 183 Å². The number of hydrogen-bond donors (Lipinski definition) is 2. The van der Waals surface area contributed by atoms with E-state index in [0.29, 0.717) is 4.41 Å². The molecule has 0 fully saturated rings. The molecule has 2 aromatic rings. The van der Waals surface area contributed by atoms with Crippen molar-refractivity contribution in [2.24, 2.45) is 5.73 Å². The number of fused-ring (bicyclic) bond motifs is 1. The molecule has 0 unspecified atom stereocenters. The third-order valence-electron chi connectivity index (χ3n) is 6.01. The van der Waals surface area contributed by atoms with Gasteiger partial charge in [-0.05, 0) is 18.3 Å². The van der Waals surface area contributed by atoms with E-state index < -0.39 is 5.91 Å². The second kappa shape index (κ2) is 12.5. The van der Waals surface area contributed by atoms with Crippen LogP contribution in [0.3, 0.4) is 0 Å². The van der Waals surface area contributed by atoms with Gasteiger partial charge in [0.25, 0.3) is 0 Å². The molecular formula is C26H32N2O5VW-2. The number of carbonyl (C=O) groups is 1. The molecular weight excluding hydrogens is 655 g/mol. The van der Waals surface area contributed by atoms with E-state index in [1.54, 1.807) is 12.1 Å². The Morgan fingerprint density at radius 3 is 2.26 bits per heavy atom. The van der Waals surface area contributed by atoms with Crippen LogP contribution in [0.5, 0.6) is 11.7 Å². The molecule has 1 amide bonds. The number of carbonyl (C=O) groups excluding carboxylic acids is 1. The van der Waals surface area contributed by atoms with Gasteiger partial charge in [0, 0.05) is 0 Å². The minimum atomic E-state index is -0.468. The van der Waals surface area contributed by atoms with Gasteiger partial charge in [-0.3, -0.25) is 0 Å². The zero-order chi connectivity index (χ0) is 26.4. The number of aryl methyl sites for hydroxylation is 1. The number of methoxy groups -OCH3 is 2. The van der Waals surface area contributed by atoms with E-state index >= 15 is 0 Å². The molecule has 1 aromatic carbocycles. The fraction of sp³-hybridized carbons (Fsp3) is 0.423. The number of rotatable bonds is 7. The van der Waals surface area contributed by atoms with Crippen molar-refractivity contribution >= 4 is 14.8 Å². The van der Waals surface area contributed by atoms with Crippen molar-refractivity contribution in [1.29, 1.82) is 0 Å². The van der Waals surface area contributed by atoms with Gasteiger partial charge in [0.1, 0.15) is 0 Å². The number of benzene rings is 1. The van der Waals surface area contributed by atoms with Gasteiger partial charge in [0.05, 0.1) is 0 Å². The Morgan fingerprint density at radius 1 is 1.14 bits per heavy atom. The van der Waals surface area contributed by atoms with Gasteiger partial charge in [-0.25, -0.2) is 0 Å². The third-order valence-corrected chi connectivity index (χ3v) is 6.65. The van der Waals surface area contributed by atoms with Crippen molar-refractivity contribution in [2.45, 2.75) is 58.3 Å². The zero-order valence-corrected chi connectivity index (χ0v) is 25.5. The van der Waals surface area contributed by atoms with Gasteiger partial charge in [0.15, 0.2) is 0 Å². The van der Waals surface area contributed by atoms with Crippen LogP contribution < -0.4 is 15.8 Å². The summed E-state index contributed by atoms with van der Waals surface area (Å²) in [5.41, 5.74) is 8.79. The van der Waals surface area contributed by atoms with Gasteiger partial charge in [0.2, 0.25) is 0 Å². The molecule has 0 radical (unpaired) electrons. The van der Waals surface area contributed by atoms with Crippen LogP contribution in [0.15, 0.2) is 34.4 Å². The van der Waals surface area contributed by atoms with E-state index in [4.69, 9.17) is 18.6 Å². The standard InChI is InChI=1S/C25H30NO5.CH2N.V.W/c1-16-12-18-19(25(4,5)11-10-24(18,2)3)13-21(16)31-22-9-8-20(30-22)23(27)26-17(14-28-6)15-29-7;1-2;;/h8-9,12-13H,10-11H2,1-7H3,(H,26,27);2H2;;/q2*-1;;. The van der Waals surface area contributed by atoms with Crippen molar-refractivity contribution in [2.75, 3.05) is 14.2 Å². The molecule has 1 aliphatic rings. The summed E-state index contributed by atoms with van der Waals surface area (Å²) in [6.07, 6.45) is 4.83. The molecule has 1 aliphatic carbocycles. The van der Waals surface area contributed by atoms with Crippen molar-refractivity contribution in [1.82, 2.24) is 5.32 Å². The van der Waals surface area contributed by atoms with E-state index in [1.807, 2.05) is 6.92 Å². The molecule has 1 heterocycles. The Labute approximate surface area is 227 Å². The molecule has 3 rings (SSSR count). The third kappa shape index (κ3) is 7.37. The van der Waals surface area contributed by atoms with Crippen LogP contribution in [0.1, 0.15) is 67.8 Å². The summed E-state index contributed by atoms with van der Waals surface area (Å²) in [6.45, 7) is 11.2. The summed E-state index contributed by atoms with van der Waals surface area (Å²) in [6, 6.07) is 7.54. The molecule has 3 N–H and O–H groups in total. The zero-order valence-electron chi connectivity index (χ0n) is 21.2. The van der Waals surface area contributed by atoms with E-state index in [-0.39, 0.29) is 28.2 Å². The quantitative estimate of drug-likeness (QED) is 0.258. The number of ether oxygens (including phenoxy) is 3. The van der Waals surface area contributed by atoms with Crippen LogP contribution in [-0.4, -0.2) is 29.1 Å². The predicted octanol–water partition coefficient (Wildman–Crippen LogP) is 4.20. The first-order valence-corrected chi connectivity index (χ1v) is 13.1. The molecule has 0 atom stereocenters. The first-order valence-electron chi connectivity index (χ1n) is 11.0. The van der Waals surface area contributed by atoms with E-state index in [9.17, 15) is 4.79 Å². The summed E-state index contributed by atoms with van der Waals surface area (Å²) in [5, 5.41) is 2.65. The summed E-state index contributed by atoms with van der Waals surface area (Å²) in [7, 11) is 2.92. The average molecular weight is 687 g/mol. The molecule has 0 bridgehead atoms. The van der Waals surface area contributed by atoms with Crippen molar-refractivity contribution < 1.29 is 59.8 Å². The molecule has 0 saturated carbocycles. The van der Waals surface area contributed by atoms with Crippen LogP contribution in [-0.2, 0) is 56.6 Å². The van der Waals surface area contributed by atoms with Crippen LogP contribution in [0.2, 0.25) is 0 Å². The Bertz CT molecular complexity index is 1120. The predicted molar refractivity (Wildman–Crippen MR) is 128 cm³/mol. The number of amides is 1. The topological polar surface area (TPSA) is 96.0 Å². The Hall–Kier alpha value is -1.76. The fourth-order valence-corrected chi connectivity index (χ4v) is 4.08. The molecule has 7 nitrogen and oxygen atoms in total.